The number of ether oxygens (including phenoxy) is 2. The van der Waals surface area contributed by atoms with Crippen LogP contribution in [-0.2, 0) is 9.47 Å². The van der Waals surface area contributed by atoms with E-state index in [0.29, 0.717) is 5.92 Å². The predicted molar refractivity (Wildman–Crippen MR) is 68.9 cm³/mol. The Labute approximate surface area is 105 Å². The molecule has 1 fully saturated rings. The van der Waals surface area contributed by atoms with E-state index < -0.39 is 0 Å². The summed E-state index contributed by atoms with van der Waals surface area (Å²) in [5, 5.41) is 10.4. The molecule has 1 saturated carbocycles. The first-order valence-electron chi connectivity index (χ1n) is 6.94. The Balaban J connectivity index is 2.18. The normalized spacial score (nSPS) is 29.1. The molecule has 0 aromatic carbocycles. The first-order valence-corrected chi connectivity index (χ1v) is 6.94. The van der Waals surface area contributed by atoms with Gasteiger partial charge in [0.25, 0.3) is 0 Å². The van der Waals surface area contributed by atoms with Crippen LogP contribution >= 0.6 is 0 Å². The SMILES string of the molecule is CC[C@@]1(O)CCC[C@@H]1CCCCC(OC)OC. The van der Waals surface area contributed by atoms with Crippen LogP contribution in [0.4, 0.5) is 0 Å². The van der Waals surface area contributed by atoms with Crippen LogP contribution in [0.1, 0.15) is 58.3 Å². The topological polar surface area (TPSA) is 38.7 Å². The van der Waals surface area contributed by atoms with Gasteiger partial charge in [0, 0.05) is 14.2 Å². The highest BCUT2D eigenvalue weighted by Gasteiger charge is 2.38. The molecule has 17 heavy (non-hydrogen) atoms. The number of aliphatic hydroxyl groups is 1. The zero-order valence-corrected chi connectivity index (χ0v) is 11.6. The second-order valence-corrected chi connectivity index (χ2v) is 5.23. The molecular formula is C14H28O3. The van der Waals surface area contributed by atoms with Crippen LogP contribution in [0.2, 0.25) is 0 Å². The summed E-state index contributed by atoms with van der Waals surface area (Å²) in [5.41, 5.74) is -0.373. The summed E-state index contributed by atoms with van der Waals surface area (Å²) in [5.74, 6) is 0.510. The summed E-state index contributed by atoms with van der Waals surface area (Å²) in [6.07, 6.45) is 8.58. The standard InChI is InChI=1S/C14H28O3/c1-4-14(15)11-7-9-12(14)8-5-6-10-13(16-2)17-3/h12-13,15H,4-11H2,1-3H3/t12-,14+/m0/s1. The molecule has 1 aliphatic rings. The Bertz CT molecular complexity index is 204. The molecule has 2 atom stereocenters. The average molecular weight is 244 g/mol. The van der Waals surface area contributed by atoms with Gasteiger partial charge in [0.2, 0.25) is 0 Å². The van der Waals surface area contributed by atoms with E-state index in [-0.39, 0.29) is 11.9 Å². The molecular weight excluding hydrogens is 216 g/mol. The molecule has 0 radical (unpaired) electrons. The molecule has 1 rings (SSSR count). The average Bonchev–Trinajstić information content (AvgIpc) is 2.72. The van der Waals surface area contributed by atoms with Crippen LogP contribution in [0.5, 0.6) is 0 Å². The van der Waals surface area contributed by atoms with E-state index in [4.69, 9.17) is 9.47 Å². The molecule has 1 aliphatic carbocycles. The van der Waals surface area contributed by atoms with Gasteiger partial charge in [0.15, 0.2) is 6.29 Å². The van der Waals surface area contributed by atoms with Crippen molar-refractivity contribution in [3.63, 3.8) is 0 Å². The zero-order chi connectivity index (χ0) is 12.7. The fourth-order valence-corrected chi connectivity index (χ4v) is 3.04. The molecule has 0 bridgehead atoms. The predicted octanol–water partition coefficient (Wildman–Crippen LogP) is 3.11. The third-order valence-corrected chi connectivity index (χ3v) is 4.30. The lowest BCUT2D eigenvalue weighted by atomic mass is 9.84. The van der Waals surface area contributed by atoms with E-state index in [9.17, 15) is 5.11 Å². The highest BCUT2D eigenvalue weighted by Crippen LogP contribution is 2.40. The van der Waals surface area contributed by atoms with Crippen LogP contribution < -0.4 is 0 Å². The summed E-state index contributed by atoms with van der Waals surface area (Å²) in [6, 6.07) is 0. The van der Waals surface area contributed by atoms with Crippen molar-refractivity contribution in [2.75, 3.05) is 14.2 Å². The molecule has 0 spiro atoms. The van der Waals surface area contributed by atoms with Gasteiger partial charge >= 0.3 is 0 Å². The number of unbranched alkanes of at least 4 members (excludes halogenated alkanes) is 1. The number of hydrogen-bond acceptors (Lipinski definition) is 3. The first-order chi connectivity index (χ1) is 8.16. The van der Waals surface area contributed by atoms with Gasteiger partial charge in [-0.3, -0.25) is 0 Å². The lowest BCUT2D eigenvalue weighted by Crippen LogP contribution is -2.32. The maximum atomic E-state index is 10.4. The first kappa shape index (κ1) is 14.9. The summed E-state index contributed by atoms with van der Waals surface area (Å²) in [7, 11) is 3.36. The fraction of sp³-hybridized carbons (Fsp3) is 1.00. The molecule has 3 nitrogen and oxygen atoms in total. The van der Waals surface area contributed by atoms with Crippen LogP contribution in [0.25, 0.3) is 0 Å². The van der Waals surface area contributed by atoms with Gasteiger partial charge in [-0.2, -0.15) is 0 Å². The van der Waals surface area contributed by atoms with Crippen molar-refractivity contribution < 1.29 is 14.6 Å². The fourth-order valence-electron chi connectivity index (χ4n) is 3.04. The maximum absolute atomic E-state index is 10.4. The Morgan fingerprint density at radius 3 is 2.59 bits per heavy atom. The van der Waals surface area contributed by atoms with Crippen LogP contribution in [0.15, 0.2) is 0 Å². The van der Waals surface area contributed by atoms with E-state index in [1.54, 1.807) is 14.2 Å². The van der Waals surface area contributed by atoms with E-state index in [0.717, 1.165) is 38.5 Å². The van der Waals surface area contributed by atoms with Crippen molar-refractivity contribution in [2.24, 2.45) is 5.92 Å². The molecule has 0 amide bonds. The monoisotopic (exact) mass is 244 g/mol. The molecule has 0 unspecified atom stereocenters. The number of hydrogen-bond donors (Lipinski definition) is 1. The summed E-state index contributed by atoms with van der Waals surface area (Å²) in [6.45, 7) is 2.10. The largest absolute Gasteiger partial charge is 0.390 e. The van der Waals surface area contributed by atoms with E-state index in [1.165, 1.54) is 12.8 Å². The van der Waals surface area contributed by atoms with Crippen molar-refractivity contribution in [1.82, 2.24) is 0 Å². The summed E-state index contributed by atoms with van der Waals surface area (Å²) < 4.78 is 10.3. The third-order valence-electron chi connectivity index (χ3n) is 4.30. The molecule has 3 heteroatoms. The minimum absolute atomic E-state index is 0.0661. The van der Waals surface area contributed by atoms with Gasteiger partial charge in [0.1, 0.15) is 0 Å². The molecule has 1 N–H and O–H groups in total. The minimum Gasteiger partial charge on any atom is -0.390 e. The molecule has 0 aromatic rings. The quantitative estimate of drug-likeness (QED) is 0.526. The second kappa shape index (κ2) is 7.34. The van der Waals surface area contributed by atoms with Crippen molar-refractivity contribution in [3.8, 4) is 0 Å². The highest BCUT2D eigenvalue weighted by molar-refractivity contribution is 4.90. The lowest BCUT2D eigenvalue weighted by Gasteiger charge is -2.29. The van der Waals surface area contributed by atoms with Crippen LogP contribution in [0.3, 0.4) is 0 Å². The number of rotatable bonds is 8. The highest BCUT2D eigenvalue weighted by atomic mass is 16.7. The van der Waals surface area contributed by atoms with Crippen LogP contribution in [0, 0.1) is 5.92 Å². The van der Waals surface area contributed by atoms with Crippen molar-refractivity contribution in [2.45, 2.75) is 70.2 Å². The van der Waals surface area contributed by atoms with E-state index in [2.05, 4.69) is 6.92 Å². The van der Waals surface area contributed by atoms with Gasteiger partial charge < -0.3 is 14.6 Å². The lowest BCUT2D eigenvalue weighted by molar-refractivity contribution is -0.107. The Hall–Kier alpha value is -0.120. The zero-order valence-electron chi connectivity index (χ0n) is 11.6. The van der Waals surface area contributed by atoms with Gasteiger partial charge in [0.05, 0.1) is 5.60 Å². The van der Waals surface area contributed by atoms with Gasteiger partial charge in [-0.15, -0.1) is 0 Å². The van der Waals surface area contributed by atoms with Crippen molar-refractivity contribution >= 4 is 0 Å². The smallest absolute Gasteiger partial charge is 0.156 e. The minimum atomic E-state index is -0.373. The van der Waals surface area contributed by atoms with Crippen molar-refractivity contribution in [1.29, 1.82) is 0 Å². The van der Waals surface area contributed by atoms with Gasteiger partial charge in [-0.1, -0.05) is 19.8 Å². The molecule has 0 saturated heterocycles. The summed E-state index contributed by atoms with van der Waals surface area (Å²) >= 11 is 0. The summed E-state index contributed by atoms with van der Waals surface area (Å²) in [4.78, 5) is 0. The Kier molecular flexibility index (Phi) is 6.45. The molecule has 0 aliphatic heterocycles. The van der Waals surface area contributed by atoms with E-state index >= 15 is 0 Å². The molecule has 102 valence electrons. The Morgan fingerprint density at radius 1 is 1.29 bits per heavy atom. The number of methoxy groups -OCH3 is 2. The van der Waals surface area contributed by atoms with Gasteiger partial charge in [-0.05, 0) is 44.4 Å². The maximum Gasteiger partial charge on any atom is 0.156 e. The second-order valence-electron chi connectivity index (χ2n) is 5.23. The molecule has 0 aromatic heterocycles. The van der Waals surface area contributed by atoms with Crippen LogP contribution in [-0.4, -0.2) is 31.2 Å². The third kappa shape index (κ3) is 4.23. The van der Waals surface area contributed by atoms with Crippen molar-refractivity contribution in [3.05, 3.63) is 0 Å². The van der Waals surface area contributed by atoms with Gasteiger partial charge in [-0.25, -0.2) is 0 Å². The Morgan fingerprint density at radius 2 is 2.00 bits per heavy atom. The molecule has 0 heterocycles. The van der Waals surface area contributed by atoms with E-state index in [1.807, 2.05) is 0 Å².